The molecule has 3 rings (SSSR count). The van der Waals surface area contributed by atoms with Crippen molar-refractivity contribution in [3.8, 4) is 22.6 Å². The maximum atomic E-state index is 13.3. The van der Waals surface area contributed by atoms with E-state index in [0.29, 0.717) is 22.6 Å². The molecule has 1 amide bonds. The van der Waals surface area contributed by atoms with Crippen molar-refractivity contribution < 1.29 is 23.0 Å². The maximum Gasteiger partial charge on any atom is 0.411 e. The van der Waals surface area contributed by atoms with Gasteiger partial charge in [-0.25, -0.2) is 13.6 Å². The highest BCUT2D eigenvalue weighted by Gasteiger charge is 2.14. The van der Waals surface area contributed by atoms with E-state index in [0.717, 1.165) is 0 Å². The van der Waals surface area contributed by atoms with Gasteiger partial charge in [-0.15, -0.1) is 0 Å². The van der Waals surface area contributed by atoms with E-state index in [9.17, 15) is 18.4 Å². The van der Waals surface area contributed by atoms with Gasteiger partial charge in [0.25, 0.3) is 5.56 Å². The van der Waals surface area contributed by atoms with Gasteiger partial charge in [-0.05, 0) is 48.9 Å². The summed E-state index contributed by atoms with van der Waals surface area (Å²) < 4.78 is 36.6. The summed E-state index contributed by atoms with van der Waals surface area (Å²) in [5, 5.41) is 2.54. The average Bonchev–Trinajstić information content (AvgIpc) is 2.70. The van der Waals surface area contributed by atoms with Crippen molar-refractivity contribution >= 4 is 11.8 Å². The van der Waals surface area contributed by atoms with Gasteiger partial charge in [0.2, 0.25) is 6.86 Å². The fourth-order valence-electron chi connectivity index (χ4n) is 2.74. The predicted octanol–water partition coefficient (Wildman–Crippen LogP) is 4.52. The van der Waals surface area contributed by atoms with Gasteiger partial charge >= 0.3 is 6.09 Å². The molecule has 29 heavy (non-hydrogen) atoms. The number of hydrogen-bond donors (Lipinski definition) is 1. The first-order chi connectivity index (χ1) is 14.0. The summed E-state index contributed by atoms with van der Waals surface area (Å²) in [6, 6.07) is 13.1. The van der Waals surface area contributed by atoms with Crippen LogP contribution in [0.3, 0.4) is 0 Å². The van der Waals surface area contributed by atoms with Gasteiger partial charge < -0.3 is 9.47 Å². The van der Waals surface area contributed by atoms with Crippen LogP contribution >= 0.6 is 0 Å². The molecule has 0 fully saturated rings. The SMILES string of the molecule is CCOC(=O)Nc1cc(=O)n(-c2ccc(OCF)cc2)cc1-c1ccc(F)cc1. The molecule has 0 saturated heterocycles. The van der Waals surface area contributed by atoms with Crippen LogP contribution in [0.25, 0.3) is 16.8 Å². The molecule has 1 heterocycles. The number of halogens is 2. The van der Waals surface area contributed by atoms with Gasteiger partial charge in [0.15, 0.2) is 0 Å². The quantitative estimate of drug-likeness (QED) is 0.661. The molecular formula is C21H18F2N2O4. The zero-order valence-electron chi connectivity index (χ0n) is 15.5. The number of rotatable bonds is 6. The highest BCUT2D eigenvalue weighted by Crippen LogP contribution is 2.28. The van der Waals surface area contributed by atoms with Crippen molar-refractivity contribution in [2.45, 2.75) is 6.92 Å². The molecule has 8 heteroatoms. The number of carbonyl (C=O) groups excluding carboxylic acids is 1. The number of hydrogen-bond acceptors (Lipinski definition) is 4. The summed E-state index contributed by atoms with van der Waals surface area (Å²) in [5.74, 6) is -0.0888. The molecule has 6 nitrogen and oxygen atoms in total. The summed E-state index contributed by atoms with van der Waals surface area (Å²) in [6.07, 6.45) is 0.822. The van der Waals surface area contributed by atoms with Crippen LogP contribution in [0, 0.1) is 5.82 Å². The lowest BCUT2D eigenvalue weighted by Crippen LogP contribution is -2.21. The van der Waals surface area contributed by atoms with E-state index >= 15 is 0 Å². The van der Waals surface area contributed by atoms with Crippen molar-refractivity contribution in [1.29, 1.82) is 0 Å². The Morgan fingerprint density at radius 3 is 2.41 bits per heavy atom. The monoisotopic (exact) mass is 400 g/mol. The Morgan fingerprint density at radius 1 is 1.10 bits per heavy atom. The number of carbonyl (C=O) groups is 1. The summed E-state index contributed by atoms with van der Waals surface area (Å²) in [4.78, 5) is 24.5. The van der Waals surface area contributed by atoms with Crippen LogP contribution in [0.2, 0.25) is 0 Å². The zero-order chi connectivity index (χ0) is 20.8. The number of pyridine rings is 1. The molecule has 0 radical (unpaired) electrons. The van der Waals surface area contributed by atoms with Crippen LogP contribution in [0.1, 0.15) is 6.92 Å². The van der Waals surface area contributed by atoms with Gasteiger partial charge in [0.05, 0.1) is 12.3 Å². The van der Waals surface area contributed by atoms with Gasteiger partial charge in [0, 0.05) is 23.5 Å². The summed E-state index contributed by atoms with van der Waals surface area (Å²) in [5.41, 5.74) is 1.40. The van der Waals surface area contributed by atoms with E-state index in [1.54, 1.807) is 19.1 Å². The third-order valence-electron chi connectivity index (χ3n) is 4.06. The van der Waals surface area contributed by atoms with Crippen molar-refractivity contribution in [1.82, 2.24) is 4.57 Å². The van der Waals surface area contributed by atoms with Gasteiger partial charge in [-0.3, -0.25) is 14.7 Å². The number of nitrogens with zero attached hydrogens (tertiary/aromatic N) is 1. The normalized spacial score (nSPS) is 10.4. The Hall–Kier alpha value is -3.68. The molecule has 0 aliphatic rings. The van der Waals surface area contributed by atoms with E-state index < -0.39 is 24.3 Å². The Balaban J connectivity index is 2.09. The molecule has 0 saturated carbocycles. The molecule has 0 aliphatic carbocycles. The largest absolute Gasteiger partial charge is 0.463 e. The van der Waals surface area contributed by atoms with Crippen molar-refractivity contribution in [2.75, 3.05) is 18.8 Å². The smallest absolute Gasteiger partial charge is 0.411 e. The number of amides is 1. The minimum atomic E-state index is -0.956. The molecule has 0 spiro atoms. The number of nitrogens with one attached hydrogen (secondary N) is 1. The highest BCUT2D eigenvalue weighted by atomic mass is 19.1. The Kier molecular flexibility index (Phi) is 6.23. The topological polar surface area (TPSA) is 69.6 Å². The molecule has 2 aromatic carbocycles. The molecule has 0 aliphatic heterocycles. The average molecular weight is 400 g/mol. The Bertz CT molecular complexity index is 1050. The van der Waals surface area contributed by atoms with Gasteiger partial charge in [-0.1, -0.05) is 12.1 Å². The van der Waals surface area contributed by atoms with Crippen molar-refractivity contribution in [2.24, 2.45) is 0 Å². The second-order valence-electron chi connectivity index (χ2n) is 5.91. The van der Waals surface area contributed by atoms with Crippen LogP contribution < -0.4 is 15.6 Å². The van der Waals surface area contributed by atoms with Gasteiger partial charge in [0.1, 0.15) is 11.6 Å². The minimum Gasteiger partial charge on any atom is -0.463 e. The first-order valence-electron chi connectivity index (χ1n) is 8.77. The lowest BCUT2D eigenvalue weighted by atomic mass is 10.1. The molecule has 1 aromatic heterocycles. The van der Waals surface area contributed by atoms with Crippen LogP contribution in [-0.2, 0) is 4.74 Å². The van der Waals surface area contributed by atoms with Crippen molar-refractivity contribution in [3.05, 3.63) is 77.0 Å². The number of ether oxygens (including phenoxy) is 2. The number of benzene rings is 2. The maximum absolute atomic E-state index is 13.3. The number of anilines is 1. The molecule has 3 aromatic rings. The predicted molar refractivity (Wildman–Crippen MR) is 105 cm³/mol. The number of aromatic nitrogens is 1. The lowest BCUT2D eigenvalue weighted by molar-refractivity contribution is 0.168. The standard InChI is InChI=1S/C21H18F2N2O4/c1-2-28-21(27)24-19-11-20(26)25(16-7-9-17(10-8-16)29-13-22)12-18(19)14-3-5-15(23)6-4-14/h3-12H,2,13H2,1H3,(H,24,27). The van der Waals surface area contributed by atoms with E-state index in [4.69, 9.17) is 9.47 Å². The van der Waals surface area contributed by atoms with Crippen LogP contribution in [0.5, 0.6) is 5.75 Å². The van der Waals surface area contributed by atoms with Crippen molar-refractivity contribution in [3.63, 3.8) is 0 Å². The van der Waals surface area contributed by atoms with Crippen LogP contribution in [-0.4, -0.2) is 24.1 Å². The molecule has 150 valence electrons. The second-order valence-corrected chi connectivity index (χ2v) is 5.91. The Labute approximate surface area is 165 Å². The molecule has 1 N–H and O–H groups in total. The third-order valence-corrected chi connectivity index (χ3v) is 4.06. The van der Waals surface area contributed by atoms with E-state index in [2.05, 4.69) is 5.32 Å². The fourth-order valence-corrected chi connectivity index (χ4v) is 2.74. The summed E-state index contributed by atoms with van der Waals surface area (Å²) in [7, 11) is 0. The van der Waals surface area contributed by atoms with E-state index in [1.165, 1.54) is 53.2 Å². The molecule has 0 bridgehead atoms. The van der Waals surface area contributed by atoms with Gasteiger partial charge in [-0.2, -0.15) is 0 Å². The first-order valence-corrected chi connectivity index (χ1v) is 8.77. The van der Waals surface area contributed by atoms with E-state index in [1.807, 2.05) is 0 Å². The first kappa shape index (κ1) is 20.1. The summed E-state index contributed by atoms with van der Waals surface area (Å²) >= 11 is 0. The Morgan fingerprint density at radius 2 is 1.79 bits per heavy atom. The highest BCUT2D eigenvalue weighted by molar-refractivity contribution is 5.91. The summed E-state index contributed by atoms with van der Waals surface area (Å²) in [6.45, 7) is 0.874. The van der Waals surface area contributed by atoms with E-state index in [-0.39, 0.29) is 12.3 Å². The molecular weight excluding hydrogens is 382 g/mol. The van der Waals surface area contributed by atoms with Crippen LogP contribution in [0.4, 0.5) is 19.3 Å². The zero-order valence-corrected chi connectivity index (χ0v) is 15.5. The second kappa shape index (κ2) is 9.01. The number of alkyl halides is 1. The molecule has 0 atom stereocenters. The third kappa shape index (κ3) is 4.78. The lowest BCUT2D eigenvalue weighted by Gasteiger charge is -2.15. The van der Waals surface area contributed by atoms with Crippen LogP contribution in [0.15, 0.2) is 65.6 Å². The fraction of sp³-hybridized carbons (Fsp3) is 0.143. The minimum absolute atomic E-state index is 0.169. The molecule has 0 unspecified atom stereocenters.